The van der Waals surface area contributed by atoms with Gasteiger partial charge in [0, 0.05) is 26.5 Å². The van der Waals surface area contributed by atoms with E-state index in [0.717, 1.165) is 11.3 Å². The Kier molecular flexibility index (Phi) is 5.31. The molecule has 0 bridgehead atoms. The number of carbonyl (C=O) groups excluding carboxylic acids is 1. The summed E-state index contributed by atoms with van der Waals surface area (Å²) in [5, 5.41) is 0. The van der Waals surface area contributed by atoms with Gasteiger partial charge in [-0.25, -0.2) is 0 Å². The third-order valence-electron chi connectivity index (χ3n) is 2.99. The Morgan fingerprint density at radius 1 is 1.44 bits per heavy atom. The van der Waals surface area contributed by atoms with Crippen molar-refractivity contribution < 1.29 is 9.53 Å². The molecule has 4 nitrogen and oxygen atoms in total. The highest BCUT2D eigenvalue weighted by molar-refractivity contribution is 5.97. The van der Waals surface area contributed by atoms with Gasteiger partial charge < -0.3 is 15.4 Å². The molecule has 0 fully saturated rings. The normalized spacial score (nSPS) is 12.3. The van der Waals surface area contributed by atoms with Crippen molar-refractivity contribution in [1.82, 2.24) is 0 Å². The molecule has 0 aliphatic heterocycles. The highest BCUT2D eigenvalue weighted by Gasteiger charge is 2.19. The highest BCUT2D eigenvalue weighted by atomic mass is 16.5. The number of hydrogen-bond acceptors (Lipinski definition) is 3. The number of ether oxygens (including phenoxy) is 1. The van der Waals surface area contributed by atoms with Gasteiger partial charge in [0.25, 0.3) is 0 Å². The van der Waals surface area contributed by atoms with Crippen molar-refractivity contribution >= 4 is 11.6 Å². The summed E-state index contributed by atoms with van der Waals surface area (Å²) in [6.45, 7) is 4.52. The van der Waals surface area contributed by atoms with Gasteiger partial charge in [-0.1, -0.05) is 17.7 Å². The van der Waals surface area contributed by atoms with Crippen molar-refractivity contribution in [3.8, 4) is 0 Å². The molecule has 0 radical (unpaired) electrons. The molecule has 0 aliphatic rings. The van der Waals surface area contributed by atoms with E-state index in [-0.39, 0.29) is 5.91 Å². The molecule has 0 heterocycles. The average molecular weight is 250 g/mol. The maximum Gasteiger partial charge on any atom is 0.243 e. The van der Waals surface area contributed by atoms with Crippen LogP contribution < -0.4 is 10.6 Å². The molecule has 4 heteroatoms. The SMILES string of the molecule is COCCC(N)C(=O)N(C)c1ccc(C)cc1C. The molecule has 1 amide bonds. The molecule has 2 N–H and O–H groups in total. The molecule has 1 atom stereocenters. The van der Waals surface area contributed by atoms with E-state index in [0.29, 0.717) is 13.0 Å². The summed E-state index contributed by atoms with van der Waals surface area (Å²) < 4.78 is 4.94. The summed E-state index contributed by atoms with van der Waals surface area (Å²) >= 11 is 0. The first-order valence-corrected chi connectivity index (χ1v) is 6.06. The molecule has 1 unspecified atom stereocenters. The van der Waals surface area contributed by atoms with Gasteiger partial charge in [-0.15, -0.1) is 0 Å². The van der Waals surface area contributed by atoms with Crippen molar-refractivity contribution in [2.24, 2.45) is 5.73 Å². The fraction of sp³-hybridized carbons (Fsp3) is 0.500. The monoisotopic (exact) mass is 250 g/mol. The molecule has 18 heavy (non-hydrogen) atoms. The second-order valence-electron chi connectivity index (χ2n) is 4.58. The van der Waals surface area contributed by atoms with Gasteiger partial charge in [0.05, 0.1) is 6.04 Å². The van der Waals surface area contributed by atoms with Crippen LogP contribution in [0.2, 0.25) is 0 Å². The van der Waals surface area contributed by atoms with Gasteiger partial charge in [-0.2, -0.15) is 0 Å². The fourth-order valence-electron chi connectivity index (χ4n) is 1.92. The van der Waals surface area contributed by atoms with Crippen molar-refractivity contribution in [2.75, 3.05) is 25.7 Å². The van der Waals surface area contributed by atoms with E-state index >= 15 is 0 Å². The van der Waals surface area contributed by atoms with Crippen molar-refractivity contribution in [1.29, 1.82) is 0 Å². The standard InChI is InChI=1S/C14H22N2O2/c1-10-5-6-13(11(2)9-10)16(3)14(17)12(15)7-8-18-4/h5-6,9,12H,7-8,15H2,1-4H3. The number of likely N-dealkylation sites (N-methyl/N-ethyl adjacent to an activating group) is 1. The fourth-order valence-corrected chi connectivity index (χ4v) is 1.92. The van der Waals surface area contributed by atoms with E-state index in [2.05, 4.69) is 6.07 Å². The number of methoxy groups -OCH3 is 1. The number of hydrogen-bond donors (Lipinski definition) is 1. The quantitative estimate of drug-likeness (QED) is 0.864. The first-order chi connectivity index (χ1) is 8.47. The number of nitrogens with two attached hydrogens (primary N) is 1. The summed E-state index contributed by atoms with van der Waals surface area (Å²) in [6, 6.07) is 5.48. The summed E-state index contributed by atoms with van der Waals surface area (Å²) in [5.74, 6) is -0.0843. The average Bonchev–Trinajstić information content (AvgIpc) is 2.34. The Morgan fingerprint density at radius 3 is 2.67 bits per heavy atom. The van der Waals surface area contributed by atoms with Crippen LogP contribution >= 0.6 is 0 Å². The van der Waals surface area contributed by atoms with Crippen LogP contribution in [0, 0.1) is 13.8 Å². The first kappa shape index (κ1) is 14.7. The van der Waals surface area contributed by atoms with Crippen molar-refractivity contribution in [3.63, 3.8) is 0 Å². The summed E-state index contributed by atoms with van der Waals surface area (Å²) in [4.78, 5) is 13.8. The Morgan fingerprint density at radius 2 is 2.11 bits per heavy atom. The molecule has 0 spiro atoms. The van der Waals surface area contributed by atoms with Crippen LogP contribution in [-0.4, -0.2) is 32.7 Å². The van der Waals surface area contributed by atoms with Crippen LogP contribution in [0.3, 0.4) is 0 Å². The molecular weight excluding hydrogens is 228 g/mol. The zero-order valence-electron chi connectivity index (χ0n) is 11.6. The van der Waals surface area contributed by atoms with Crippen molar-refractivity contribution in [3.05, 3.63) is 29.3 Å². The lowest BCUT2D eigenvalue weighted by Crippen LogP contribution is -2.42. The number of benzene rings is 1. The lowest BCUT2D eigenvalue weighted by atomic mass is 10.1. The minimum Gasteiger partial charge on any atom is -0.385 e. The van der Waals surface area contributed by atoms with Crippen LogP contribution in [0.1, 0.15) is 17.5 Å². The van der Waals surface area contributed by atoms with E-state index < -0.39 is 6.04 Å². The van der Waals surface area contributed by atoms with Crippen LogP contribution in [0.5, 0.6) is 0 Å². The summed E-state index contributed by atoms with van der Waals surface area (Å²) in [7, 11) is 3.36. The van der Waals surface area contributed by atoms with Crippen molar-refractivity contribution in [2.45, 2.75) is 26.3 Å². The maximum atomic E-state index is 12.1. The Labute approximate surface area is 109 Å². The molecule has 0 saturated carbocycles. The minimum absolute atomic E-state index is 0.0843. The van der Waals surface area contributed by atoms with Crippen LogP contribution in [-0.2, 0) is 9.53 Å². The summed E-state index contributed by atoms with van der Waals surface area (Å²) in [5.41, 5.74) is 9.01. The third kappa shape index (κ3) is 3.55. The summed E-state index contributed by atoms with van der Waals surface area (Å²) in [6.07, 6.45) is 0.532. The number of carbonyl (C=O) groups is 1. The van der Waals surface area contributed by atoms with Gasteiger partial charge in [0.15, 0.2) is 0 Å². The van der Waals surface area contributed by atoms with Gasteiger partial charge in [0.2, 0.25) is 5.91 Å². The van der Waals surface area contributed by atoms with E-state index in [9.17, 15) is 4.79 Å². The molecule has 0 aliphatic carbocycles. The zero-order chi connectivity index (χ0) is 13.7. The zero-order valence-corrected chi connectivity index (χ0v) is 11.6. The van der Waals surface area contributed by atoms with Crippen LogP contribution in [0.15, 0.2) is 18.2 Å². The van der Waals surface area contributed by atoms with Crippen LogP contribution in [0.25, 0.3) is 0 Å². The maximum absolute atomic E-state index is 12.1. The lowest BCUT2D eigenvalue weighted by Gasteiger charge is -2.23. The Hall–Kier alpha value is -1.39. The molecule has 100 valence electrons. The Bertz CT molecular complexity index is 418. The molecule has 1 aromatic rings. The van der Waals surface area contributed by atoms with Gasteiger partial charge in [-0.05, 0) is 31.9 Å². The van der Waals surface area contributed by atoms with Gasteiger partial charge >= 0.3 is 0 Å². The predicted octanol–water partition coefficient (Wildman–Crippen LogP) is 1.63. The lowest BCUT2D eigenvalue weighted by molar-refractivity contribution is -0.119. The van der Waals surface area contributed by atoms with E-state index in [1.165, 1.54) is 5.56 Å². The van der Waals surface area contributed by atoms with E-state index in [1.807, 2.05) is 26.0 Å². The van der Waals surface area contributed by atoms with Gasteiger partial charge in [0.1, 0.15) is 0 Å². The number of aryl methyl sites for hydroxylation is 2. The number of nitrogens with zero attached hydrogens (tertiary/aromatic N) is 1. The number of anilines is 1. The third-order valence-corrected chi connectivity index (χ3v) is 2.99. The first-order valence-electron chi connectivity index (χ1n) is 6.06. The van der Waals surface area contributed by atoms with E-state index in [4.69, 9.17) is 10.5 Å². The molecule has 0 saturated heterocycles. The van der Waals surface area contributed by atoms with Crippen LogP contribution in [0.4, 0.5) is 5.69 Å². The Balaban J connectivity index is 2.79. The smallest absolute Gasteiger partial charge is 0.243 e. The largest absolute Gasteiger partial charge is 0.385 e. The second-order valence-corrected chi connectivity index (χ2v) is 4.58. The second kappa shape index (κ2) is 6.52. The molecule has 0 aromatic heterocycles. The predicted molar refractivity (Wildman–Crippen MR) is 73.8 cm³/mol. The van der Waals surface area contributed by atoms with E-state index in [1.54, 1.807) is 19.1 Å². The topological polar surface area (TPSA) is 55.6 Å². The van der Waals surface area contributed by atoms with Gasteiger partial charge in [-0.3, -0.25) is 4.79 Å². The minimum atomic E-state index is -0.518. The molecular formula is C14H22N2O2. The highest BCUT2D eigenvalue weighted by Crippen LogP contribution is 2.20. The molecule has 1 rings (SSSR count). The molecule has 1 aromatic carbocycles. The number of rotatable bonds is 5. The number of amides is 1.